The fraction of sp³-hybridized carbons (Fsp3) is 0.385. The van der Waals surface area contributed by atoms with Gasteiger partial charge in [0.05, 0.1) is 18.1 Å². The third kappa shape index (κ3) is 3.10. The van der Waals surface area contributed by atoms with E-state index in [4.69, 9.17) is 0 Å². The highest BCUT2D eigenvalue weighted by Gasteiger charge is 2.02. The summed E-state index contributed by atoms with van der Waals surface area (Å²) in [6.45, 7) is 7.02. The zero-order valence-electron chi connectivity index (χ0n) is 10.8. The molecule has 2 aromatic heterocycles. The van der Waals surface area contributed by atoms with Crippen molar-refractivity contribution in [3.63, 3.8) is 0 Å². The molecule has 4 nitrogen and oxygen atoms in total. The second-order valence-electron chi connectivity index (χ2n) is 4.61. The minimum atomic E-state index is 0.398. The third-order valence-corrected chi connectivity index (χ3v) is 3.53. The highest BCUT2D eigenvalue weighted by Crippen LogP contribution is 2.17. The molecule has 2 aromatic rings. The zero-order chi connectivity index (χ0) is 13.1. The highest BCUT2D eigenvalue weighted by atomic mass is 79.9. The van der Waals surface area contributed by atoms with Gasteiger partial charge in [0.2, 0.25) is 0 Å². The van der Waals surface area contributed by atoms with Gasteiger partial charge in [-0.2, -0.15) is 5.10 Å². The van der Waals surface area contributed by atoms with Crippen molar-refractivity contribution < 1.29 is 0 Å². The fourth-order valence-electron chi connectivity index (χ4n) is 1.61. The average Bonchev–Trinajstić information content (AvgIpc) is 2.79. The van der Waals surface area contributed by atoms with Gasteiger partial charge in [-0.3, -0.25) is 4.68 Å². The lowest BCUT2D eigenvalue weighted by atomic mass is 10.3. The average molecular weight is 309 g/mol. The van der Waals surface area contributed by atoms with Crippen LogP contribution < -0.4 is 5.32 Å². The van der Waals surface area contributed by atoms with Crippen molar-refractivity contribution in [1.29, 1.82) is 0 Å². The molecule has 0 fully saturated rings. The SMILES string of the molecule is Cc1cc(NCc2cnn(C(C)C)c2)cnc1Br. The standard InChI is InChI=1S/C13H17BrN4/c1-9(2)18-8-11(6-17-18)5-15-12-4-10(3)13(14)16-7-12/h4,6-9,15H,5H2,1-3H3. The summed E-state index contributed by atoms with van der Waals surface area (Å²) in [5.74, 6) is 0. The third-order valence-electron chi connectivity index (χ3n) is 2.70. The Morgan fingerprint density at radius 3 is 2.78 bits per heavy atom. The number of aryl methyl sites for hydroxylation is 1. The number of nitrogens with zero attached hydrogens (tertiary/aromatic N) is 3. The van der Waals surface area contributed by atoms with Crippen molar-refractivity contribution in [3.8, 4) is 0 Å². The summed E-state index contributed by atoms with van der Waals surface area (Å²) in [5, 5.41) is 7.66. The van der Waals surface area contributed by atoms with Crippen molar-refractivity contribution >= 4 is 21.6 Å². The van der Waals surface area contributed by atoms with Crippen LogP contribution in [0.1, 0.15) is 31.0 Å². The normalized spacial score (nSPS) is 10.9. The summed E-state index contributed by atoms with van der Waals surface area (Å²) in [6, 6.07) is 2.47. The molecule has 2 heterocycles. The fourth-order valence-corrected chi connectivity index (χ4v) is 1.83. The topological polar surface area (TPSA) is 42.7 Å². The molecule has 0 aromatic carbocycles. The lowest BCUT2D eigenvalue weighted by Gasteiger charge is -2.06. The molecule has 0 bridgehead atoms. The van der Waals surface area contributed by atoms with Crippen LogP contribution in [0.15, 0.2) is 29.3 Å². The van der Waals surface area contributed by atoms with Crippen LogP contribution in [-0.2, 0) is 6.54 Å². The zero-order valence-corrected chi connectivity index (χ0v) is 12.4. The van der Waals surface area contributed by atoms with Crippen LogP contribution >= 0.6 is 15.9 Å². The first-order valence-corrected chi connectivity index (χ1v) is 6.74. The second-order valence-corrected chi connectivity index (χ2v) is 5.36. The lowest BCUT2D eigenvalue weighted by Crippen LogP contribution is -2.01. The monoisotopic (exact) mass is 308 g/mol. The van der Waals surface area contributed by atoms with Crippen LogP contribution in [0.3, 0.4) is 0 Å². The molecule has 1 N–H and O–H groups in total. The molecule has 18 heavy (non-hydrogen) atoms. The Bertz CT molecular complexity index is 534. The number of anilines is 1. The van der Waals surface area contributed by atoms with E-state index in [0.717, 1.165) is 22.4 Å². The van der Waals surface area contributed by atoms with Gasteiger partial charge in [0.1, 0.15) is 4.60 Å². The van der Waals surface area contributed by atoms with Crippen LogP contribution in [0.4, 0.5) is 5.69 Å². The molecule has 0 aliphatic heterocycles. The maximum Gasteiger partial charge on any atom is 0.109 e. The Morgan fingerprint density at radius 2 is 2.17 bits per heavy atom. The van der Waals surface area contributed by atoms with Gasteiger partial charge >= 0.3 is 0 Å². The Balaban J connectivity index is 2.00. The van der Waals surface area contributed by atoms with E-state index in [9.17, 15) is 0 Å². The molecule has 0 saturated carbocycles. The number of rotatable bonds is 4. The molecule has 2 rings (SSSR count). The van der Waals surface area contributed by atoms with Crippen LogP contribution in [-0.4, -0.2) is 14.8 Å². The van der Waals surface area contributed by atoms with Gasteiger partial charge in [-0.1, -0.05) is 0 Å². The number of nitrogens with one attached hydrogen (secondary N) is 1. The molecule has 0 spiro atoms. The van der Waals surface area contributed by atoms with E-state index in [1.807, 2.05) is 24.0 Å². The number of aromatic nitrogens is 3. The predicted molar refractivity (Wildman–Crippen MR) is 76.6 cm³/mol. The molecule has 96 valence electrons. The van der Waals surface area contributed by atoms with E-state index >= 15 is 0 Å². The molecular weight excluding hydrogens is 292 g/mol. The molecule has 0 saturated heterocycles. The van der Waals surface area contributed by atoms with Crippen LogP contribution in [0.25, 0.3) is 0 Å². The summed E-state index contributed by atoms with van der Waals surface area (Å²) in [6.07, 6.45) is 5.78. The van der Waals surface area contributed by atoms with Crippen LogP contribution in [0, 0.1) is 6.92 Å². The molecule has 0 atom stereocenters. The van der Waals surface area contributed by atoms with Gasteiger partial charge in [0.15, 0.2) is 0 Å². The summed E-state index contributed by atoms with van der Waals surface area (Å²) in [4.78, 5) is 4.26. The van der Waals surface area contributed by atoms with Gasteiger partial charge in [-0.15, -0.1) is 0 Å². The maximum atomic E-state index is 4.31. The maximum absolute atomic E-state index is 4.31. The van der Waals surface area contributed by atoms with Gasteiger partial charge < -0.3 is 5.32 Å². The number of pyridine rings is 1. The van der Waals surface area contributed by atoms with Crippen LogP contribution in [0.5, 0.6) is 0 Å². The van der Waals surface area contributed by atoms with E-state index in [1.165, 1.54) is 5.56 Å². The molecule has 0 aliphatic carbocycles. The van der Waals surface area contributed by atoms with E-state index in [2.05, 4.69) is 57.4 Å². The molecule has 0 aliphatic rings. The van der Waals surface area contributed by atoms with Crippen molar-refractivity contribution in [1.82, 2.24) is 14.8 Å². The second kappa shape index (κ2) is 5.52. The molecule has 0 unspecified atom stereocenters. The van der Waals surface area contributed by atoms with Gasteiger partial charge in [-0.05, 0) is 48.3 Å². The first-order chi connectivity index (χ1) is 8.56. The number of hydrogen-bond acceptors (Lipinski definition) is 3. The minimum Gasteiger partial charge on any atom is -0.380 e. The smallest absolute Gasteiger partial charge is 0.109 e. The minimum absolute atomic E-state index is 0.398. The van der Waals surface area contributed by atoms with Crippen LogP contribution in [0.2, 0.25) is 0 Å². The summed E-state index contributed by atoms with van der Waals surface area (Å²) >= 11 is 3.39. The summed E-state index contributed by atoms with van der Waals surface area (Å²) in [7, 11) is 0. The molecule has 0 radical (unpaired) electrons. The lowest BCUT2D eigenvalue weighted by molar-refractivity contribution is 0.532. The highest BCUT2D eigenvalue weighted by molar-refractivity contribution is 9.10. The quantitative estimate of drug-likeness (QED) is 0.878. The Kier molecular flexibility index (Phi) is 4.01. The Labute approximate surface area is 116 Å². The Morgan fingerprint density at radius 1 is 1.39 bits per heavy atom. The molecular formula is C13H17BrN4. The largest absolute Gasteiger partial charge is 0.380 e. The first-order valence-electron chi connectivity index (χ1n) is 5.95. The summed E-state index contributed by atoms with van der Waals surface area (Å²) < 4.78 is 2.85. The summed E-state index contributed by atoms with van der Waals surface area (Å²) in [5.41, 5.74) is 3.31. The molecule has 5 heteroatoms. The van der Waals surface area contributed by atoms with E-state index in [1.54, 1.807) is 0 Å². The van der Waals surface area contributed by atoms with E-state index in [0.29, 0.717) is 6.04 Å². The van der Waals surface area contributed by atoms with Crippen molar-refractivity contribution in [2.75, 3.05) is 5.32 Å². The van der Waals surface area contributed by atoms with Crippen molar-refractivity contribution in [2.45, 2.75) is 33.4 Å². The van der Waals surface area contributed by atoms with Gasteiger partial charge in [0, 0.05) is 24.3 Å². The first kappa shape index (κ1) is 13.1. The van der Waals surface area contributed by atoms with Crippen molar-refractivity contribution in [3.05, 3.63) is 40.4 Å². The number of halogens is 1. The predicted octanol–water partition coefficient (Wildman–Crippen LogP) is 3.54. The van der Waals surface area contributed by atoms with E-state index in [-0.39, 0.29) is 0 Å². The molecule has 0 amide bonds. The van der Waals surface area contributed by atoms with Crippen molar-refractivity contribution in [2.24, 2.45) is 0 Å². The number of hydrogen-bond donors (Lipinski definition) is 1. The van der Waals surface area contributed by atoms with Gasteiger partial charge in [-0.25, -0.2) is 4.98 Å². The van der Waals surface area contributed by atoms with Gasteiger partial charge in [0.25, 0.3) is 0 Å². The Hall–Kier alpha value is -1.36. The van der Waals surface area contributed by atoms with E-state index < -0.39 is 0 Å².